The molecule has 100 valence electrons. The van der Waals surface area contributed by atoms with Crippen LogP contribution in [0.15, 0.2) is 21.9 Å². The Morgan fingerprint density at radius 1 is 1.39 bits per heavy atom. The lowest BCUT2D eigenvalue weighted by atomic mass is 10.0. The smallest absolute Gasteiger partial charge is 0.145 e. The van der Waals surface area contributed by atoms with Gasteiger partial charge in [-0.1, -0.05) is 18.9 Å². The van der Waals surface area contributed by atoms with Gasteiger partial charge in [-0.05, 0) is 45.1 Å². The molecule has 0 bridgehead atoms. The highest BCUT2D eigenvalue weighted by Gasteiger charge is 2.26. The highest BCUT2D eigenvalue weighted by atomic mass is 32.2. The van der Waals surface area contributed by atoms with Gasteiger partial charge in [0.15, 0.2) is 0 Å². The first-order chi connectivity index (χ1) is 8.48. The van der Waals surface area contributed by atoms with Crippen molar-refractivity contribution in [1.82, 2.24) is 0 Å². The van der Waals surface area contributed by atoms with Crippen LogP contribution >= 0.6 is 11.3 Å². The van der Waals surface area contributed by atoms with Crippen molar-refractivity contribution in [3.05, 3.63) is 22.4 Å². The summed E-state index contributed by atoms with van der Waals surface area (Å²) < 4.78 is 16.6. The molecule has 0 spiro atoms. The maximum Gasteiger partial charge on any atom is 0.145 e. The van der Waals surface area contributed by atoms with Gasteiger partial charge >= 0.3 is 0 Å². The lowest BCUT2D eigenvalue weighted by Crippen LogP contribution is -2.22. The molecule has 4 heteroatoms. The molecular formula is C14H21NOS2. The van der Waals surface area contributed by atoms with Gasteiger partial charge in [-0.15, -0.1) is 11.3 Å². The fourth-order valence-electron chi connectivity index (χ4n) is 2.17. The summed E-state index contributed by atoms with van der Waals surface area (Å²) >= 11 is 1.71. The Balaban J connectivity index is 2.30. The zero-order valence-corrected chi connectivity index (χ0v) is 12.9. The first-order valence-electron chi connectivity index (χ1n) is 6.53. The summed E-state index contributed by atoms with van der Waals surface area (Å²) in [5.74, 6) is 0.509. The van der Waals surface area contributed by atoms with Crippen LogP contribution in [0, 0.1) is 5.92 Å². The van der Waals surface area contributed by atoms with Crippen molar-refractivity contribution in [2.24, 2.45) is 10.3 Å². The lowest BCUT2D eigenvalue weighted by molar-refractivity contribution is 0.649. The summed E-state index contributed by atoms with van der Waals surface area (Å²) in [6.45, 7) is 5.94. The number of thiophene rings is 1. The summed E-state index contributed by atoms with van der Waals surface area (Å²) in [7, 11) is -1.15. The topological polar surface area (TPSA) is 29.4 Å². The monoisotopic (exact) mass is 283 g/mol. The average Bonchev–Trinajstić information content (AvgIpc) is 2.97. The van der Waals surface area contributed by atoms with Gasteiger partial charge in [0.05, 0.1) is 10.5 Å². The van der Waals surface area contributed by atoms with Gasteiger partial charge in [0, 0.05) is 10.8 Å². The van der Waals surface area contributed by atoms with Gasteiger partial charge in [-0.3, -0.25) is 0 Å². The molecule has 0 aromatic carbocycles. The maximum atomic E-state index is 12.3. The van der Waals surface area contributed by atoms with Crippen LogP contribution in [0.5, 0.6) is 0 Å². The van der Waals surface area contributed by atoms with E-state index >= 15 is 0 Å². The molecule has 0 N–H and O–H groups in total. The number of rotatable bonds is 3. The van der Waals surface area contributed by atoms with E-state index in [0.717, 1.165) is 5.71 Å². The predicted molar refractivity (Wildman–Crippen MR) is 80.7 cm³/mol. The van der Waals surface area contributed by atoms with E-state index in [-0.39, 0.29) is 4.75 Å². The van der Waals surface area contributed by atoms with Crippen LogP contribution in [0.1, 0.15) is 51.3 Å². The molecule has 18 heavy (non-hydrogen) atoms. The third-order valence-corrected chi connectivity index (χ3v) is 5.52. The van der Waals surface area contributed by atoms with E-state index in [9.17, 15) is 4.21 Å². The van der Waals surface area contributed by atoms with Crippen LogP contribution in [-0.4, -0.2) is 14.7 Å². The quantitative estimate of drug-likeness (QED) is 0.765. The van der Waals surface area contributed by atoms with Crippen LogP contribution in [0.4, 0.5) is 0 Å². The van der Waals surface area contributed by atoms with E-state index in [1.54, 1.807) is 11.3 Å². The molecule has 0 amide bonds. The van der Waals surface area contributed by atoms with E-state index in [1.165, 1.54) is 30.6 Å². The molecule has 1 fully saturated rings. The molecule has 1 unspecified atom stereocenters. The van der Waals surface area contributed by atoms with Crippen LogP contribution in [0.25, 0.3) is 0 Å². The zero-order valence-electron chi connectivity index (χ0n) is 11.3. The summed E-state index contributed by atoms with van der Waals surface area (Å²) in [5, 5.41) is 2.07. The van der Waals surface area contributed by atoms with E-state index in [0.29, 0.717) is 5.92 Å². The SMILES string of the molecule is CC(C)(C)S(=O)N=C(c1cccs1)C1CCCC1. The summed E-state index contributed by atoms with van der Waals surface area (Å²) in [5.41, 5.74) is 1.08. The van der Waals surface area contributed by atoms with Crippen molar-refractivity contribution in [3.63, 3.8) is 0 Å². The Labute approximate surface area is 116 Å². The molecule has 0 aliphatic heterocycles. The average molecular weight is 283 g/mol. The van der Waals surface area contributed by atoms with Crippen molar-refractivity contribution < 1.29 is 4.21 Å². The highest BCUT2D eigenvalue weighted by molar-refractivity contribution is 7.85. The summed E-state index contributed by atoms with van der Waals surface area (Å²) in [4.78, 5) is 1.19. The van der Waals surface area contributed by atoms with Crippen molar-refractivity contribution in [1.29, 1.82) is 0 Å². The highest BCUT2D eigenvalue weighted by Crippen LogP contribution is 2.31. The van der Waals surface area contributed by atoms with Crippen LogP contribution in [-0.2, 0) is 11.0 Å². The van der Waals surface area contributed by atoms with Crippen LogP contribution < -0.4 is 0 Å². The van der Waals surface area contributed by atoms with Crippen LogP contribution in [0.2, 0.25) is 0 Å². The maximum absolute atomic E-state index is 12.3. The largest absolute Gasteiger partial charge is 0.234 e. The van der Waals surface area contributed by atoms with Gasteiger partial charge < -0.3 is 0 Å². The van der Waals surface area contributed by atoms with Gasteiger partial charge in [-0.25, -0.2) is 4.21 Å². The zero-order chi connectivity index (χ0) is 13.2. The van der Waals surface area contributed by atoms with E-state index in [2.05, 4.69) is 15.8 Å². The fourth-order valence-corrected chi connectivity index (χ4v) is 3.72. The van der Waals surface area contributed by atoms with Gasteiger partial charge in [0.2, 0.25) is 0 Å². The molecule has 1 saturated carbocycles. The Bertz CT molecular complexity index is 437. The Kier molecular flexibility index (Phi) is 4.38. The molecule has 0 saturated heterocycles. The molecule has 1 aromatic heterocycles. The number of hydrogen-bond donors (Lipinski definition) is 0. The molecule has 0 radical (unpaired) electrons. The van der Waals surface area contributed by atoms with Gasteiger partial charge in [-0.2, -0.15) is 4.40 Å². The number of nitrogens with zero attached hydrogens (tertiary/aromatic N) is 1. The first kappa shape index (κ1) is 13.9. The minimum atomic E-state index is -1.15. The normalized spacial score (nSPS) is 20.3. The summed E-state index contributed by atoms with van der Waals surface area (Å²) in [6.07, 6.45) is 4.94. The van der Waals surface area contributed by atoms with Crippen molar-refractivity contribution in [2.45, 2.75) is 51.2 Å². The van der Waals surface area contributed by atoms with E-state index < -0.39 is 11.0 Å². The van der Waals surface area contributed by atoms with Crippen molar-refractivity contribution in [3.8, 4) is 0 Å². The molecule has 1 aliphatic carbocycles. The second-order valence-electron chi connectivity index (χ2n) is 5.80. The van der Waals surface area contributed by atoms with Crippen molar-refractivity contribution >= 4 is 28.0 Å². The Hall–Kier alpha value is -0.480. The van der Waals surface area contributed by atoms with Crippen LogP contribution in [0.3, 0.4) is 0 Å². The molecule has 1 heterocycles. The predicted octanol–water partition coefficient (Wildman–Crippen LogP) is 4.19. The first-order valence-corrected chi connectivity index (χ1v) is 8.51. The van der Waals surface area contributed by atoms with Crippen molar-refractivity contribution in [2.75, 3.05) is 0 Å². The van der Waals surface area contributed by atoms with Gasteiger partial charge in [0.1, 0.15) is 11.0 Å². The van der Waals surface area contributed by atoms with Gasteiger partial charge in [0.25, 0.3) is 0 Å². The Morgan fingerprint density at radius 3 is 2.56 bits per heavy atom. The standard InChI is InChI=1S/C14H21NOS2/c1-14(2,3)18(16)15-13(11-7-4-5-8-11)12-9-6-10-17-12/h6,9-11H,4-5,7-8H2,1-3H3. The lowest BCUT2D eigenvalue weighted by Gasteiger charge is -2.17. The van der Waals surface area contributed by atoms with E-state index in [1.807, 2.05) is 26.8 Å². The molecule has 1 aliphatic rings. The molecule has 1 aromatic rings. The Morgan fingerprint density at radius 2 is 2.06 bits per heavy atom. The second-order valence-corrected chi connectivity index (χ2v) is 8.65. The second kappa shape index (κ2) is 5.66. The van der Waals surface area contributed by atoms with E-state index in [4.69, 9.17) is 0 Å². The third kappa shape index (κ3) is 3.29. The fraction of sp³-hybridized carbons (Fsp3) is 0.643. The minimum Gasteiger partial charge on any atom is -0.234 e. The molecule has 2 nitrogen and oxygen atoms in total. The molecular weight excluding hydrogens is 262 g/mol. The minimum absolute atomic E-state index is 0.277. The molecule has 2 rings (SSSR count). The molecule has 1 atom stereocenters. The third-order valence-electron chi connectivity index (χ3n) is 3.22. The summed E-state index contributed by atoms with van der Waals surface area (Å²) in [6, 6.07) is 4.15. The number of hydrogen-bond acceptors (Lipinski definition) is 2.